The molecule has 0 unspecified atom stereocenters. The smallest absolute Gasteiger partial charge is 0.206 e. The predicted molar refractivity (Wildman–Crippen MR) is 53.0 cm³/mol. The second-order valence-corrected chi connectivity index (χ2v) is 3.56. The molecule has 13 heavy (non-hydrogen) atoms. The topological polar surface area (TPSA) is 58.9 Å². The number of thiophene rings is 1. The highest BCUT2D eigenvalue weighted by Crippen LogP contribution is 2.18. The first-order valence-electron chi connectivity index (χ1n) is 3.80. The molecule has 0 aliphatic heterocycles. The molecule has 0 aliphatic rings. The van der Waals surface area contributed by atoms with Gasteiger partial charge in [0.05, 0.1) is 10.4 Å². The van der Waals surface area contributed by atoms with E-state index in [4.69, 9.17) is 5.73 Å². The fraction of sp³-hybridized carbons (Fsp3) is 0. The molecule has 0 atom stereocenters. The summed E-state index contributed by atoms with van der Waals surface area (Å²) in [6.07, 6.45) is 1.66. The molecule has 0 aliphatic carbocycles. The first-order valence-corrected chi connectivity index (χ1v) is 4.68. The molecule has 2 heterocycles. The van der Waals surface area contributed by atoms with Gasteiger partial charge in [-0.15, -0.1) is 11.3 Å². The van der Waals surface area contributed by atoms with Crippen molar-refractivity contribution < 1.29 is 4.79 Å². The number of nitrogen functional groups attached to an aromatic ring is 1. The average molecular weight is 192 g/mol. The van der Waals surface area contributed by atoms with Gasteiger partial charge in [0, 0.05) is 6.20 Å². The zero-order valence-corrected chi connectivity index (χ0v) is 7.60. The van der Waals surface area contributed by atoms with Crippen molar-refractivity contribution in [3.05, 3.63) is 40.2 Å². The summed E-state index contributed by atoms with van der Waals surface area (Å²) >= 11 is 1.42. The van der Waals surface area contributed by atoms with Crippen molar-refractivity contribution in [1.29, 1.82) is 0 Å². The summed E-state index contributed by atoms with van der Waals surface area (Å²) in [5.74, 6) is 0.409. The van der Waals surface area contributed by atoms with Crippen LogP contribution in [0.15, 0.2) is 29.8 Å². The summed E-state index contributed by atoms with van der Waals surface area (Å²) in [5.41, 5.74) is 6.12. The van der Waals surface area contributed by atoms with Crippen LogP contribution in [0.2, 0.25) is 0 Å². The van der Waals surface area contributed by atoms with Gasteiger partial charge in [0.15, 0.2) is 0 Å². The van der Waals surface area contributed by atoms with Crippen LogP contribution < -0.4 is 5.73 Å². The maximum Gasteiger partial charge on any atom is 0.206 e. The number of ketones is 1. The fourth-order valence-corrected chi connectivity index (χ4v) is 1.80. The zero-order chi connectivity index (χ0) is 9.26. The van der Waals surface area contributed by atoms with E-state index in [0.29, 0.717) is 16.3 Å². The van der Waals surface area contributed by atoms with E-state index < -0.39 is 0 Å². The Labute approximate surface area is 79.2 Å². The number of hydrogen-bond acceptors (Lipinski definition) is 3. The van der Waals surface area contributed by atoms with Gasteiger partial charge in [-0.3, -0.25) is 4.79 Å². The second-order valence-electron chi connectivity index (χ2n) is 2.61. The van der Waals surface area contributed by atoms with Gasteiger partial charge in [-0.1, -0.05) is 6.07 Å². The van der Waals surface area contributed by atoms with Gasteiger partial charge in [-0.2, -0.15) is 0 Å². The Morgan fingerprint density at radius 2 is 2.31 bits per heavy atom. The zero-order valence-electron chi connectivity index (χ0n) is 6.78. The van der Waals surface area contributed by atoms with E-state index in [1.165, 1.54) is 11.3 Å². The molecule has 2 rings (SSSR count). The molecular formula is C9H8N2OS. The molecule has 4 heteroatoms. The summed E-state index contributed by atoms with van der Waals surface area (Å²) in [4.78, 5) is 15.2. The number of aromatic amines is 1. The number of nitrogens with one attached hydrogen (secondary N) is 1. The van der Waals surface area contributed by atoms with Crippen molar-refractivity contribution in [2.45, 2.75) is 0 Å². The molecule has 0 fully saturated rings. The summed E-state index contributed by atoms with van der Waals surface area (Å²) in [5, 5.41) is 1.87. The first-order chi connectivity index (χ1) is 6.29. The number of nitrogens with two attached hydrogens (primary N) is 1. The molecule has 2 aromatic rings. The fourth-order valence-electron chi connectivity index (χ4n) is 1.12. The van der Waals surface area contributed by atoms with Crippen LogP contribution in [0.3, 0.4) is 0 Å². The van der Waals surface area contributed by atoms with E-state index in [1.54, 1.807) is 18.3 Å². The van der Waals surface area contributed by atoms with E-state index in [1.807, 2.05) is 11.4 Å². The summed E-state index contributed by atoms with van der Waals surface area (Å²) in [6.45, 7) is 0. The monoisotopic (exact) mass is 192 g/mol. The van der Waals surface area contributed by atoms with Gasteiger partial charge in [-0.25, -0.2) is 0 Å². The second kappa shape index (κ2) is 3.06. The Morgan fingerprint density at radius 3 is 2.85 bits per heavy atom. The number of rotatable bonds is 2. The van der Waals surface area contributed by atoms with Crippen molar-refractivity contribution in [2.75, 3.05) is 5.73 Å². The maximum absolute atomic E-state index is 11.7. The number of anilines is 1. The van der Waals surface area contributed by atoms with E-state index >= 15 is 0 Å². The molecule has 0 aromatic carbocycles. The molecule has 0 bridgehead atoms. The third kappa shape index (κ3) is 1.36. The van der Waals surface area contributed by atoms with Crippen molar-refractivity contribution in [3.8, 4) is 0 Å². The van der Waals surface area contributed by atoms with E-state index in [-0.39, 0.29) is 5.78 Å². The van der Waals surface area contributed by atoms with Crippen LogP contribution in [0.25, 0.3) is 0 Å². The van der Waals surface area contributed by atoms with Crippen LogP contribution >= 0.6 is 11.3 Å². The van der Waals surface area contributed by atoms with E-state index in [0.717, 1.165) is 0 Å². The minimum atomic E-state index is -0.0197. The number of hydrogen-bond donors (Lipinski definition) is 2. The lowest BCUT2D eigenvalue weighted by Crippen LogP contribution is -2.00. The first kappa shape index (κ1) is 8.07. The highest BCUT2D eigenvalue weighted by atomic mass is 32.1. The van der Waals surface area contributed by atoms with Crippen molar-refractivity contribution in [3.63, 3.8) is 0 Å². The molecule has 3 N–H and O–H groups in total. The quantitative estimate of drug-likeness (QED) is 0.714. The Morgan fingerprint density at radius 1 is 1.46 bits per heavy atom. The van der Waals surface area contributed by atoms with Crippen molar-refractivity contribution in [2.24, 2.45) is 0 Å². The molecule has 2 aromatic heterocycles. The van der Waals surface area contributed by atoms with Crippen LogP contribution in [-0.2, 0) is 0 Å². The van der Waals surface area contributed by atoms with Crippen LogP contribution in [0.5, 0.6) is 0 Å². The van der Waals surface area contributed by atoms with Gasteiger partial charge in [0.2, 0.25) is 5.78 Å². The number of aromatic nitrogens is 1. The lowest BCUT2D eigenvalue weighted by molar-refractivity contribution is 0.104. The van der Waals surface area contributed by atoms with Gasteiger partial charge >= 0.3 is 0 Å². The van der Waals surface area contributed by atoms with E-state index in [9.17, 15) is 4.79 Å². The van der Waals surface area contributed by atoms with E-state index in [2.05, 4.69) is 4.98 Å². The van der Waals surface area contributed by atoms with Gasteiger partial charge in [-0.05, 0) is 17.5 Å². The third-order valence-corrected chi connectivity index (χ3v) is 2.64. The highest BCUT2D eigenvalue weighted by molar-refractivity contribution is 7.12. The molecule has 0 saturated carbocycles. The van der Waals surface area contributed by atoms with Gasteiger partial charge < -0.3 is 10.7 Å². The Balaban J connectivity index is 2.39. The Kier molecular flexibility index (Phi) is 1.90. The van der Waals surface area contributed by atoms with Crippen LogP contribution in [0, 0.1) is 0 Å². The highest BCUT2D eigenvalue weighted by Gasteiger charge is 2.13. The Bertz CT molecular complexity index is 417. The molecular weight excluding hydrogens is 184 g/mol. The van der Waals surface area contributed by atoms with Crippen LogP contribution in [-0.4, -0.2) is 10.8 Å². The molecule has 0 saturated heterocycles. The average Bonchev–Trinajstić information content (AvgIpc) is 2.72. The lowest BCUT2D eigenvalue weighted by Gasteiger charge is -1.94. The van der Waals surface area contributed by atoms with Crippen molar-refractivity contribution in [1.82, 2.24) is 4.98 Å². The summed E-state index contributed by atoms with van der Waals surface area (Å²) < 4.78 is 0. The SMILES string of the molecule is Nc1[nH]ccc1C(=O)c1cccs1. The minimum absolute atomic E-state index is 0.0197. The number of carbonyl (C=O) groups excluding carboxylic acids is 1. The molecule has 0 spiro atoms. The predicted octanol–water partition coefficient (Wildman–Crippen LogP) is 1.89. The third-order valence-electron chi connectivity index (χ3n) is 1.77. The van der Waals surface area contributed by atoms with Crippen LogP contribution in [0.1, 0.15) is 15.2 Å². The summed E-state index contributed by atoms with van der Waals surface area (Å²) in [7, 11) is 0. The molecule has 0 radical (unpaired) electrons. The molecule has 0 amide bonds. The standard InChI is InChI=1S/C9H8N2OS/c10-9-6(3-4-11-9)8(12)7-2-1-5-13-7/h1-5,11H,10H2. The number of H-pyrrole nitrogens is 1. The normalized spacial score (nSPS) is 10.2. The molecule has 66 valence electrons. The number of carbonyl (C=O) groups is 1. The van der Waals surface area contributed by atoms with Gasteiger partial charge in [0.1, 0.15) is 5.82 Å². The minimum Gasteiger partial charge on any atom is -0.385 e. The maximum atomic E-state index is 11.7. The Hall–Kier alpha value is -1.55. The summed E-state index contributed by atoms with van der Waals surface area (Å²) in [6, 6.07) is 5.33. The van der Waals surface area contributed by atoms with Crippen LogP contribution in [0.4, 0.5) is 5.82 Å². The lowest BCUT2D eigenvalue weighted by atomic mass is 10.2. The largest absolute Gasteiger partial charge is 0.385 e. The van der Waals surface area contributed by atoms with Gasteiger partial charge in [0.25, 0.3) is 0 Å². The van der Waals surface area contributed by atoms with Crippen molar-refractivity contribution >= 4 is 22.9 Å². The molecule has 3 nitrogen and oxygen atoms in total.